The highest BCUT2D eigenvalue weighted by Crippen LogP contribution is 2.40. The number of halogens is 1. The van der Waals surface area contributed by atoms with Crippen molar-refractivity contribution in [2.24, 2.45) is 5.92 Å². The third-order valence-electron chi connectivity index (χ3n) is 6.37. The second-order valence-electron chi connectivity index (χ2n) is 8.32. The Morgan fingerprint density at radius 2 is 1.76 bits per heavy atom. The van der Waals surface area contributed by atoms with Crippen molar-refractivity contribution in [1.29, 1.82) is 0 Å². The predicted molar refractivity (Wildman–Crippen MR) is 123 cm³/mol. The van der Waals surface area contributed by atoms with E-state index in [1.807, 2.05) is 13.0 Å². The first-order valence-electron chi connectivity index (χ1n) is 11.1. The molecular formula is C26H31FOS. The van der Waals surface area contributed by atoms with Gasteiger partial charge in [-0.1, -0.05) is 50.5 Å². The van der Waals surface area contributed by atoms with Crippen LogP contribution in [0.3, 0.4) is 0 Å². The molecule has 0 unspecified atom stereocenters. The van der Waals surface area contributed by atoms with Crippen molar-refractivity contribution in [3.8, 4) is 16.2 Å². The molecule has 0 radical (unpaired) electrons. The van der Waals surface area contributed by atoms with E-state index >= 15 is 0 Å². The summed E-state index contributed by atoms with van der Waals surface area (Å²) in [6.45, 7) is 4.64. The lowest BCUT2D eigenvalue weighted by Crippen LogP contribution is -2.13. The number of unbranched alkanes of at least 4 members (excludes halogenated alkanes) is 1. The average molecular weight is 411 g/mol. The molecule has 0 saturated heterocycles. The molecule has 154 valence electrons. The maximum Gasteiger partial charge on any atom is 0.182 e. The van der Waals surface area contributed by atoms with E-state index in [4.69, 9.17) is 4.74 Å². The topological polar surface area (TPSA) is 9.23 Å². The summed E-state index contributed by atoms with van der Waals surface area (Å²) >= 11 is 1.51. The molecule has 0 aliphatic heterocycles. The Balaban J connectivity index is 1.47. The molecule has 1 aromatic heterocycles. The summed E-state index contributed by atoms with van der Waals surface area (Å²) in [7, 11) is 0. The minimum atomic E-state index is -0.239. The van der Waals surface area contributed by atoms with E-state index in [2.05, 4.69) is 37.3 Å². The van der Waals surface area contributed by atoms with Crippen LogP contribution in [0.25, 0.3) is 20.5 Å². The Kier molecular flexibility index (Phi) is 6.54. The van der Waals surface area contributed by atoms with Crippen LogP contribution in [0, 0.1) is 11.7 Å². The van der Waals surface area contributed by atoms with E-state index in [9.17, 15) is 4.39 Å². The van der Waals surface area contributed by atoms with E-state index in [1.54, 1.807) is 6.07 Å². The number of hydrogen-bond acceptors (Lipinski definition) is 2. The van der Waals surface area contributed by atoms with Gasteiger partial charge in [0.05, 0.1) is 11.3 Å². The standard InChI is InChI=1S/C26H31FOS/c1-3-5-6-18-7-9-19(10-8-18)20-11-13-21(14-12-20)24-17-22-15-16-23(28-4-2)25(27)26(22)29-24/h11-19H,3-10H2,1-2H3. The van der Waals surface area contributed by atoms with Gasteiger partial charge in [0.25, 0.3) is 0 Å². The summed E-state index contributed by atoms with van der Waals surface area (Å²) in [6.07, 6.45) is 9.51. The van der Waals surface area contributed by atoms with Crippen LogP contribution in [0.15, 0.2) is 42.5 Å². The summed E-state index contributed by atoms with van der Waals surface area (Å²) in [5, 5.41) is 0.945. The molecule has 4 rings (SSSR count). The fraction of sp³-hybridized carbons (Fsp3) is 0.462. The number of rotatable bonds is 7. The van der Waals surface area contributed by atoms with Crippen LogP contribution >= 0.6 is 11.3 Å². The molecule has 3 heteroatoms. The van der Waals surface area contributed by atoms with Crippen LogP contribution in [0.2, 0.25) is 0 Å². The molecule has 0 spiro atoms. The smallest absolute Gasteiger partial charge is 0.182 e. The molecule has 0 bridgehead atoms. The Bertz CT molecular complexity index is 935. The summed E-state index contributed by atoms with van der Waals surface area (Å²) in [4.78, 5) is 1.11. The molecule has 0 atom stereocenters. The van der Waals surface area contributed by atoms with Gasteiger partial charge in [-0.05, 0) is 79.2 Å². The second kappa shape index (κ2) is 9.30. The van der Waals surface area contributed by atoms with E-state index in [-0.39, 0.29) is 5.82 Å². The lowest BCUT2D eigenvalue weighted by molar-refractivity contribution is 0.304. The molecule has 29 heavy (non-hydrogen) atoms. The number of hydrogen-bond donors (Lipinski definition) is 0. The summed E-state index contributed by atoms with van der Waals surface area (Å²) in [6, 6.07) is 14.8. The lowest BCUT2D eigenvalue weighted by Gasteiger charge is -2.28. The highest BCUT2D eigenvalue weighted by Gasteiger charge is 2.22. The van der Waals surface area contributed by atoms with Crippen LogP contribution in [-0.2, 0) is 0 Å². The Labute approximate surface area is 177 Å². The molecule has 0 amide bonds. The zero-order valence-electron chi connectivity index (χ0n) is 17.5. The summed E-state index contributed by atoms with van der Waals surface area (Å²) < 4.78 is 20.8. The number of benzene rings is 2. The fourth-order valence-electron chi connectivity index (χ4n) is 4.66. The molecule has 1 heterocycles. The molecule has 1 aliphatic carbocycles. The van der Waals surface area contributed by atoms with Crippen molar-refractivity contribution < 1.29 is 9.13 Å². The maximum absolute atomic E-state index is 14.7. The van der Waals surface area contributed by atoms with Crippen LogP contribution in [0.5, 0.6) is 5.75 Å². The largest absolute Gasteiger partial charge is 0.491 e. The zero-order chi connectivity index (χ0) is 20.2. The van der Waals surface area contributed by atoms with Gasteiger partial charge in [0, 0.05) is 4.88 Å². The molecule has 3 aromatic rings. The molecule has 0 N–H and O–H groups in total. The van der Waals surface area contributed by atoms with Gasteiger partial charge in [-0.2, -0.15) is 0 Å². The van der Waals surface area contributed by atoms with Crippen LogP contribution in [-0.4, -0.2) is 6.61 Å². The van der Waals surface area contributed by atoms with E-state index in [1.165, 1.54) is 67.4 Å². The van der Waals surface area contributed by atoms with E-state index in [0.717, 1.165) is 16.2 Å². The van der Waals surface area contributed by atoms with Crippen molar-refractivity contribution in [3.63, 3.8) is 0 Å². The molecule has 1 aliphatic rings. The highest BCUT2D eigenvalue weighted by atomic mass is 32.1. The SMILES string of the molecule is CCCCC1CCC(c2ccc(-c3cc4ccc(OCC)c(F)c4s3)cc2)CC1. The lowest BCUT2D eigenvalue weighted by atomic mass is 9.77. The Hall–Kier alpha value is -1.87. The van der Waals surface area contributed by atoms with Gasteiger partial charge in [0.2, 0.25) is 0 Å². The minimum absolute atomic E-state index is 0.239. The summed E-state index contributed by atoms with van der Waals surface area (Å²) in [5.41, 5.74) is 2.64. The zero-order valence-corrected chi connectivity index (χ0v) is 18.4. The summed E-state index contributed by atoms with van der Waals surface area (Å²) in [5.74, 6) is 1.76. The molecular weight excluding hydrogens is 379 g/mol. The van der Waals surface area contributed by atoms with E-state index < -0.39 is 0 Å². The first-order valence-corrected chi connectivity index (χ1v) is 12.0. The van der Waals surface area contributed by atoms with Crippen LogP contribution in [0.4, 0.5) is 4.39 Å². The molecule has 2 aromatic carbocycles. The molecule has 1 fully saturated rings. The van der Waals surface area contributed by atoms with Crippen molar-refractivity contribution in [1.82, 2.24) is 0 Å². The van der Waals surface area contributed by atoms with Gasteiger partial charge < -0.3 is 4.74 Å². The van der Waals surface area contributed by atoms with E-state index in [0.29, 0.717) is 23.0 Å². The Morgan fingerprint density at radius 1 is 1.00 bits per heavy atom. The fourth-order valence-corrected chi connectivity index (χ4v) is 5.75. The quantitative estimate of drug-likeness (QED) is 0.379. The first kappa shape index (κ1) is 20.4. The second-order valence-corrected chi connectivity index (χ2v) is 9.37. The predicted octanol–water partition coefficient (Wildman–Crippen LogP) is 8.57. The van der Waals surface area contributed by atoms with Crippen LogP contribution in [0.1, 0.15) is 70.3 Å². The monoisotopic (exact) mass is 410 g/mol. The number of ether oxygens (including phenoxy) is 1. The maximum atomic E-state index is 14.7. The van der Waals surface area contributed by atoms with Gasteiger partial charge >= 0.3 is 0 Å². The van der Waals surface area contributed by atoms with Crippen molar-refractivity contribution in [3.05, 3.63) is 53.8 Å². The third-order valence-corrected chi connectivity index (χ3v) is 7.56. The molecule has 1 saturated carbocycles. The third kappa shape index (κ3) is 4.50. The normalized spacial score (nSPS) is 19.6. The molecule has 1 nitrogen and oxygen atoms in total. The van der Waals surface area contributed by atoms with Crippen molar-refractivity contribution in [2.45, 2.75) is 64.7 Å². The highest BCUT2D eigenvalue weighted by molar-refractivity contribution is 7.22. The van der Waals surface area contributed by atoms with Gasteiger partial charge in [-0.15, -0.1) is 11.3 Å². The number of fused-ring (bicyclic) bond motifs is 1. The van der Waals surface area contributed by atoms with Gasteiger partial charge in [-0.3, -0.25) is 0 Å². The van der Waals surface area contributed by atoms with Gasteiger partial charge in [0.15, 0.2) is 11.6 Å². The Morgan fingerprint density at radius 3 is 2.45 bits per heavy atom. The van der Waals surface area contributed by atoms with Crippen LogP contribution < -0.4 is 4.74 Å². The minimum Gasteiger partial charge on any atom is -0.491 e. The number of thiophene rings is 1. The first-order chi connectivity index (χ1) is 14.2. The average Bonchev–Trinajstić information content (AvgIpc) is 3.20. The van der Waals surface area contributed by atoms with Crippen molar-refractivity contribution in [2.75, 3.05) is 6.61 Å². The van der Waals surface area contributed by atoms with Gasteiger partial charge in [0.1, 0.15) is 0 Å². The van der Waals surface area contributed by atoms with Gasteiger partial charge in [-0.25, -0.2) is 4.39 Å². The van der Waals surface area contributed by atoms with Crippen molar-refractivity contribution >= 4 is 21.4 Å².